The predicted molar refractivity (Wildman–Crippen MR) is 84.3 cm³/mol. The highest BCUT2D eigenvalue weighted by atomic mass is 16.5. The Morgan fingerprint density at radius 1 is 1.10 bits per heavy atom. The van der Waals surface area contributed by atoms with Gasteiger partial charge >= 0.3 is 0 Å². The fraction of sp³-hybridized carbons (Fsp3) is 0.647. The second-order valence-electron chi connectivity index (χ2n) is 6.00. The Labute approximate surface area is 123 Å². The third-order valence-electron chi connectivity index (χ3n) is 4.40. The molecule has 1 heterocycles. The molecular formula is C17H28N2O. The lowest BCUT2D eigenvalue weighted by atomic mass is 9.99. The average Bonchev–Trinajstić information content (AvgIpc) is 2.69. The first-order valence-electron chi connectivity index (χ1n) is 7.75. The summed E-state index contributed by atoms with van der Waals surface area (Å²) in [4.78, 5) is 2.51. The molecule has 0 aromatic heterocycles. The van der Waals surface area contributed by atoms with Crippen molar-refractivity contribution in [2.75, 3.05) is 26.7 Å². The molecule has 0 amide bonds. The van der Waals surface area contributed by atoms with Crippen LogP contribution in [0.3, 0.4) is 0 Å². The Balaban J connectivity index is 2.11. The van der Waals surface area contributed by atoms with E-state index in [2.05, 4.69) is 30.9 Å². The highest BCUT2D eigenvalue weighted by molar-refractivity contribution is 5.43. The zero-order valence-corrected chi connectivity index (χ0v) is 13.1. The molecule has 1 atom stereocenters. The summed E-state index contributed by atoms with van der Waals surface area (Å²) in [7, 11) is 1.73. The largest absolute Gasteiger partial charge is 0.496 e. The molecule has 1 aliphatic heterocycles. The Bertz CT molecular complexity index is 437. The topological polar surface area (TPSA) is 38.5 Å². The van der Waals surface area contributed by atoms with Crippen LogP contribution in [0.25, 0.3) is 0 Å². The summed E-state index contributed by atoms with van der Waals surface area (Å²) >= 11 is 0. The van der Waals surface area contributed by atoms with Gasteiger partial charge in [0.2, 0.25) is 0 Å². The van der Waals surface area contributed by atoms with E-state index in [4.69, 9.17) is 10.5 Å². The van der Waals surface area contributed by atoms with Gasteiger partial charge in [-0.1, -0.05) is 18.9 Å². The summed E-state index contributed by atoms with van der Waals surface area (Å²) in [5, 5.41) is 0. The van der Waals surface area contributed by atoms with E-state index >= 15 is 0 Å². The van der Waals surface area contributed by atoms with E-state index in [-0.39, 0.29) is 6.04 Å². The van der Waals surface area contributed by atoms with Crippen LogP contribution in [0.15, 0.2) is 12.1 Å². The number of rotatable bonds is 4. The van der Waals surface area contributed by atoms with Gasteiger partial charge in [0, 0.05) is 18.2 Å². The van der Waals surface area contributed by atoms with Crippen LogP contribution in [0, 0.1) is 13.8 Å². The van der Waals surface area contributed by atoms with Crippen molar-refractivity contribution in [3.05, 3.63) is 28.8 Å². The van der Waals surface area contributed by atoms with Crippen molar-refractivity contribution in [3.63, 3.8) is 0 Å². The summed E-state index contributed by atoms with van der Waals surface area (Å²) in [6, 6.07) is 4.33. The van der Waals surface area contributed by atoms with E-state index in [1.807, 2.05) is 0 Å². The number of benzene rings is 1. The van der Waals surface area contributed by atoms with Crippen molar-refractivity contribution in [2.24, 2.45) is 5.73 Å². The van der Waals surface area contributed by atoms with E-state index in [1.165, 1.54) is 49.9 Å². The maximum Gasteiger partial charge on any atom is 0.123 e. The highest BCUT2D eigenvalue weighted by Gasteiger charge is 2.18. The van der Waals surface area contributed by atoms with Gasteiger partial charge in [-0.25, -0.2) is 0 Å². The van der Waals surface area contributed by atoms with Crippen molar-refractivity contribution in [3.8, 4) is 5.75 Å². The molecule has 0 bridgehead atoms. The van der Waals surface area contributed by atoms with Gasteiger partial charge in [-0.15, -0.1) is 0 Å². The molecule has 1 aliphatic rings. The number of likely N-dealkylation sites (tertiary alicyclic amines) is 1. The molecule has 1 fully saturated rings. The summed E-state index contributed by atoms with van der Waals surface area (Å²) in [6.45, 7) is 7.54. The van der Waals surface area contributed by atoms with E-state index in [1.54, 1.807) is 7.11 Å². The lowest BCUT2D eigenvalue weighted by Gasteiger charge is -2.25. The van der Waals surface area contributed by atoms with Gasteiger partial charge in [0.1, 0.15) is 5.75 Å². The van der Waals surface area contributed by atoms with E-state index < -0.39 is 0 Å². The molecule has 2 rings (SSSR count). The smallest absolute Gasteiger partial charge is 0.123 e. The fourth-order valence-electron chi connectivity index (χ4n) is 2.97. The summed E-state index contributed by atoms with van der Waals surface area (Å²) in [5.74, 6) is 0.926. The van der Waals surface area contributed by atoms with Crippen molar-refractivity contribution in [1.29, 1.82) is 0 Å². The predicted octanol–water partition coefficient (Wildman–Crippen LogP) is 3.19. The first kappa shape index (κ1) is 15.3. The SMILES string of the molecule is COc1cc(C)c(C)cc1C(N)CN1CCCCCC1. The van der Waals surface area contributed by atoms with E-state index in [0.29, 0.717) is 0 Å². The van der Waals surface area contributed by atoms with Crippen LogP contribution in [0.5, 0.6) is 5.75 Å². The first-order valence-corrected chi connectivity index (χ1v) is 7.75. The normalized spacial score (nSPS) is 18.6. The Hall–Kier alpha value is -1.06. The van der Waals surface area contributed by atoms with Crippen molar-refractivity contribution < 1.29 is 4.74 Å². The molecule has 1 unspecified atom stereocenters. The monoisotopic (exact) mass is 276 g/mol. The van der Waals surface area contributed by atoms with Crippen LogP contribution >= 0.6 is 0 Å². The van der Waals surface area contributed by atoms with Gasteiger partial charge in [0.25, 0.3) is 0 Å². The Morgan fingerprint density at radius 3 is 2.30 bits per heavy atom. The van der Waals surface area contributed by atoms with Crippen LogP contribution in [0.1, 0.15) is 48.4 Å². The van der Waals surface area contributed by atoms with Crippen LogP contribution in [-0.4, -0.2) is 31.6 Å². The molecule has 1 saturated heterocycles. The molecule has 3 nitrogen and oxygen atoms in total. The van der Waals surface area contributed by atoms with Crippen LogP contribution < -0.4 is 10.5 Å². The van der Waals surface area contributed by atoms with Crippen LogP contribution in [0.4, 0.5) is 0 Å². The zero-order valence-electron chi connectivity index (χ0n) is 13.1. The summed E-state index contributed by atoms with van der Waals surface area (Å²) in [6.07, 6.45) is 5.32. The minimum absolute atomic E-state index is 0.0300. The number of ether oxygens (including phenoxy) is 1. The quantitative estimate of drug-likeness (QED) is 0.918. The van der Waals surface area contributed by atoms with E-state index in [9.17, 15) is 0 Å². The molecule has 3 heteroatoms. The standard InChI is InChI=1S/C17H28N2O/c1-13-10-15(17(20-3)11-14(13)2)16(18)12-19-8-6-4-5-7-9-19/h10-11,16H,4-9,12,18H2,1-3H3. The van der Waals surface area contributed by atoms with Gasteiger partial charge in [-0.3, -0.25) is 0 Å². The van der Waals surface area contributed by atoms with Gasteiger partial charge < -0.3 is 15.4 Å². The average molecular weight is 276 g/mol. The van der Waals surface area contributed by atoms with Crippen molar-refractivity contribution >= 4 is 0 Å². The summed E-state index contributed by atoms with van der Waals surface area (Å²) < 4.78 is 5.52. The third kappa shape index (κ3) is 3.74. The zero-order chi connectivity index (χ0) is 14.5. The van der Waals surface area contributed by atoms with Crippen molar-refractivity contribution in [1.82, 2.24) is 4.90 Å². The number of nitrogens with zero attached hydrogens (tertiary/aromatic N) is 1. The molecule has 20 heavy (non-hydrogen) atoms. The minimum Gasteiger partial charge on any atom is -0.496 e. The minimum atomic E-state index is 0.0300. The molecule has 112 valence electrons. The fourth-order valence-corrected chi connectivity index (χ4v) is 2.97. The molecule has 0 saturated carbocycles. The lowest BCUT2D eigenvalue weighted by Crippen LogP contribution is -2.33. The maximum absolute atomic E-state index is 6.45. The summed E-state index contributed by atoms with van der Waals surface area (Å²) in [5.41, 5.74) is 10.1. The van der Waals surface area contributed by atoms with Crippen LogP contribution in [-0.2, 0) is 0 Å². The molecular weight excluding hydrogens is 248 g/mol. The molecule has 0 aliphatic carbocycles. The second-order valence-corrected chi connectivity index (χ2v) is 6.00. The van der Waals surface area contributed by atoms with Crippen molar-refractivity contribution in [2.45, 2.75) is 45.6 Å². The Kier molecular flexibility index (Phi) is 5.44. The van der Waals surface area contributed by atoms with Gasteiger partial charge in [-0.2, -0.15) is 0 Å². The maximum atomic E-state index is 6.45. The molecule has 2 N–H and O–H groups in total. The number of hydrogen-bond donors (Lipinski definition) is 1. The molecule has 1 aromatic carbocycles. The third-order valence-corrected chi connectivity index (χ3v) is 4.40. The molecule has 1 aromatic rings. The number of aryl methyl sites for hydroxylation is 2. The molecule has 0 radical (unpaired) electrons. The number of methoxy groups -OCH3 is 1. The number of nitrogens with two attached hydrogens (primary N) is 1. The first-order chi connectivity index (χ1) is 9.61. The van der Waals surface area contributed by atoms with Gasteiger partial charge in [0.05, 0.1) is 7.11 Å². The molecule has 0 spiro atoms. The Morgan fingerprint density at radius 2 is 1.70 bits per heavy atom. The van der Waals surface area contributed by atoms with E-state index in [0.717, 1.165) is 17.9 Å². The number of hydrogen-bond acceptors (Lipinski definition) is 3. The van der Waals surface area contributed by atoms with Gasteiger partial charge in [-0.05, 0) is 57.0 Å². The second kappa shape index (κ2) is 7.09. The lowest BCUT2D eigenvalue weighted by molar-refractivity contribution is 0.265. The highest BCUT2D eigenvalue weighted by Crippen LogP contribution is 2.28. The van der Waals surface area contributed by atoms with Gasteiger partial charge in [0.15, 0.2) is 0 Å². The van der Waals surface area contributed by atoms with Crippen LogP contribution in [0.2, 0.25) is 0 Å².